The third-order valence-electron chi connectivity index (χ3n) is 2.97. The fourth-order valence-electron chi connectivity index (χ4n) is 2.28. The molecule has 19 heavy (non-hydrogen) atoms. The molecule has 0 radical (unpaired) electrons. The summed E-state index contributed by atoms with van der Waals surface area (Å²) >= 11 is 0. The normalized spacial score (nSPS) is 15.2. The highest BCUT2D eigenvalue weighted by molar-refractivity contribution is 5.69. The maximum Gasteiger partial charge on any atom is 0.308 e. The Morgan fingerprint density at radius 2 is 2.00 bits per heavy atom. The van der Waals surface area contributed by atoms with E-state index in [1.807, 2.05) is 0 Å². The number of hydrogen-bond acceptors (Lipinski definition) is 4. The molecule has 1 heterocycles. The molecule has 0 aliphatic carbocycles. The SMILES string of the molecule is CC(Cc1nnnn1CC(C)C(=O)O)CC(C)(C)C. The monoisotopic (exact) mass is 268 g/mol. The molecule has 1 rings (SSSR count). The average Bonchev–Trinajstić information content (AvgIpc) is 2.62. The van der Waals surface area contributed by atoms with Gasteiger partial charge in [-0.1, -0.05) is 34.6 Å². The lowest BCUT2D eigenvalue weighted by molar-refractivity contribution is -0.141. The van der Waals surface area contributed by atoms with E-state index in [2.05, 4.69) is 43.2 Å². The molecule has 6 heteroatoms. The molecule has 0 aromatic carbocycles. The first-order valence-electron chi connectivity index (χ1n) is 6.67. The number of hydrogen-bond donors (Lipinski definition) is 1. The van der Waals surface area contributed by atoms with Crippen LogP contribution in [0.4, 0.5) is 0 Å². The van der Waals surface area contributed by atoms with Crippen molar-refractivity contribution in [1.82, 2.24) is 20.2 Å². The maximum atomic E-state index is 10.9. The van der Waals surface area contributed by atoms with Crippen molar-refractivity contribution >= 4 is 5.97 Å². The molecule has 2 unspecified atom stereocenters. The summed E-state index contributed by atoms with van der Waals surface area (Å²) in [7, 11) is 0. The van der Waals surface area contributed by atoms with Gasteiger partial charge in [0.15, 0.2) is 5.82 Å². The number of carboxylic acid groups (broad SMARTS) is 1. The van der Waals surface area contributed by atoms with Gasteiger partial charge in [0.1, 0.15) is 0 Å². The number of carbonyl (C=O) groups is 1. The largest absolute Gasteiger partial charge is 0.481 e. The van der Waals surface area contributed by atoms with E-state index in [4.69, 9.17) is 5.11 Å². The minimum absolute atomic E-state index is 0.270. The van der Waals surface area contributed by atoms with Crippen LogP contribution in [-0.4, -0.2) is 31.3 Å². The lowest BCUT2D eigenvalue weighted by Crippen LogP contribution is -2.21. The van der Waals surface area contributed by atoms with Crippen LogP contribution in [0.2, 0.25) is 0 Å². The lowest BCUT2D eigenvalue weighted by atomic mass is 9.84. The Labute approximate surface area is 114 Å². The zero-order chi connectivity index (χ0) is 14.6. The smallest absolute Gasteiger partial charge is 0.308 e. The molecule has 0 saturated carbocycles. The first kappa shape index (κ1) is 15.6. The predicted molar refractivity (Wildman–Crippen MR) is 71.6 cm³/mol. The summed E-state index contributed by atoms with van der Waals surface area (Å²) in [4.78, 5) is 10.9. The van der Waals surface area contributed by atoms with Gasteiger partial charge in [0.05, 0.1) is 12.5 Å². The molecule has 1 aromatic heterocycles. The molecule has 0 aliphatic rings. The van der Waals surface area contributed by atoms with E-state index in [1.54, 1.807) is 11.6 Å². The molecule has 1 N–H and O–H groups in total. The summed E-state index contributed by atoms with van der Waals surface area (Å²) in [6, 6.07) is 0. The molecule has 0 saturated heterocycles. The number of aromatic nitrogens is 4. The fourth-order valence-corrected chi connectivity index (χ4v) is 2.28. The summed E-state index contributed by atoms with van der Waals surface area (Å²) in [6.45, 7) is 10.8. The van der Waals surface area contributed by atoms with Crippen molar-refractivity contribution in [3.05, 3.63) is 5.82 Å². The number of carboxylic acids is 1. The molecule has 1 aromatic rings. The first-order chi connectivity index (χ1) is 8.69. The topological polar surface area (TPSA) is 80.9 Å². The van der Waals surface area contributed by atoms with Crippen LogP contribution in [0.3, 0.4) is 0 Å². The van der Waals surface area contributed by atoms with Crippen molar-refractivity contribution in [1.29, 1.82) is 0 Å². The van der Waals surface area contributed by atoms with Gasteiger partial charge in [0, 0.05) is 6.42 Å². The summed E-state index contributed by atoms with van der Waals surface area (Å²) in [5, 5.41) is 20.5. The van der Waals surface area contributed by atoms with E-state index in [0.29, 0.717) is 12.5 Å². The van der Waals surface area contributed by atoms with Crippen molar-refractivity contribution in [2.45, 2.75) is 54.0 Å². The van der Waals surface area contributed by atoms with Gasteiger partial charge in [0.2, 0.25) is 0 Å². The van der Waals surface area contributed by atoms with Gasteiger partial charge in [-0.2, -0.15) is 0 Å². The van der Waals surface area contributed by atoms with Gasteiger partial charge in [-0.3, -0.25) is 4.79 Å². The number of rotatable bonds is 6. The van der Waals surface area contributed by atoms with E-state index in [9.17, 15) is 4.79 Å². The van der Waals surface area contributed by atoms with E-state index < -0.39 is 11.9 Å². The van der Waals surface area contributed by atoms with Crippen LogP contribution >= 0.6 is 0 Å². The Kier molecular flexibility index (Phi) is 5.03. The predicted octanol–water partition coefficient (Wildman–Crippen LogP) is 2.01. The zero-order valence-electron chi connectivity index (χ0n) is 12.4. The summed E-state index contributed by atoms with van der Waals surface area (Å²) in [6.07, 6.45) is 1.85. The average molecular weight is 268 g/mol. The van der Waals surface area contributed by atoms with Gasteiger partial charge in [-0.05, 0) is 28.2 Å². The fraction of sp³-hybridized carbons (Fsp3) is 0.846. The van der Waals surface area contributed by atoms with Crippen LogP contribution in [-0.2, 0) is 17.8 Å². The minimum atomic E-state index is -0.829. The second-order valence-corrected chi connectivity index (χ2v) is 6.59. The highest BCUT2D eigenvalue weighted by atomic mass is 16.4. The summed E-state index contributed by atoms with van der Waals surface area (Å²) < 4.78 is 1.61. The molecule has 108 valence electrons. The second-order valence-electron chi connectivity index (χ2n) is 6.59. The standard InChI is InChI=1S/C13H24N4O2/c1-9(7-13(3,4)5)6-11-14-15-16-17(11)8-10(2)12(18)19/h9-10H,6-8H2,1-5H3,(H,18,19). The second kappa shape index (κ2) is 6.12. The van der Waals surface area contributed by atoms with Crippen molar-refractivity contribution in [3.63, 3.8) is 0 Å². The minimum Gasteiger partial charge on any atom is -0.481 e. The number of tetrazole rings is 1. The summed E-state index contributed by atoms with van der Waals surface area (Å²) in [5.41, 5.74) is 0.270. The Morgan fingerprint density at radius 1 is 1.37 bits per heavy atom. The highest BCUT2D eigenvalue weighted by Gasteiger charge is 2.20. The van der Waals surface area contributed by atoms with Crippen LogP contribution in [0.5, 0.6) is 0 Å². The van der Waals surface area contributed by atoms with Gasteiger partial charge >= 0.3 is 5.97 Å². The lowest BCUT2D eigenvalue weighted by Gasteiger charge is -2.22. The third kappa shape index (κ3) is 5.36. The van der Waals surface area contributed by atoms with Crippen LogP contribution in [0.1, 0.15) is 46.9 Å². The molecule has 0 fully saturated rings. The van der Waals surface area contributed by atoms with Gasteiger partial charge in [-0.25, -0.2) is 4.68 Å². The molecular formula is C13H24N4O2. The third-order valence-corrected chi connectivity index (χ3v) is 2.97. The first-order valence-corrected chi connectivity index (χ1v) is 6.67. The Balaban J connectivity index is 2.65. The zero-order valence-corrected chi connectivity index (χ0v) is 12.4. The molecule has 6 nitrogen and oxygen atoms in total. The Morgan fingerprint density at radius 3 is 2.53 bits per heavy atom. The quantitative estimate of drug-likeness (QED) is 0.853. The highest BCUT2D eigenvalue weighted by Crippen LogP contribution is 2.25. The van der Waals surface area contributed by atoms with E-state index in [-0.39, 0.29) is 5.41 Å². The van der Waals surface area contributed by atoms with E-state index >= 15 is 0 Å². The van der Waals surface area contributed by atoms with Gasteiger partial charge in [0.25, 0.3) is 0 Å². The van der Waals surface area contributed by atoms with Crippen LogP contribution in [0.15, 0.2) is 0 Å². The molecule has 0 aliphatic heterocycles. The van der Waals surface area contributed by atoms with Crippen LogP contribution in [0, 0.1) is 17.3 Å². The Bertz CT molecular complexity index is 423. The van der Waals surface area contributed by atoms with Crippen molar-refractivity contribution in [3.8, 4) is 0 Å². The van der Waals surface area contributed by atoms with E-state index in [0.717, 1.165) is 18.7 Å². The maximum absolute atomic E-state index is 10.9. The van der Waals surface area contributed by atoms with Crippen LogP contribution in [0.25, 0.3) is 0 Å². The Hall–Kier alpha value is -1.46. The molecular weight excluding hydrogens is 244 g/mol. The van der Waals surface area contributed by atoms with Crippen molar-refractivity contribution in [2.75, 3.05) is 0 Å². The molecule has 2 atom stereocenters. The molecule has 0 amide bonds. The molecule has 0 spiro atoms. The van der Waals surface area contributed by atoms with E-state index in [1.165, 1.54) is 0 Å². The van der Waals surface area contributed by atoms with Crippen molar-refractivity contribution < 1.29 is 9.90 Å². The summed E-state index contributed by atoms with van der Waals surface area (Å²) in [5.74, 6) is -0.0842. The molecule has 0 bridgehead atoms. The van der Waals surface area contributed by atoms with Crippen LogP contribution < -0.4 is 0 Å². The van der Waals surface area contributed by atoms with Gasteiger partial charge < -0.3 is 5.11 Å². The number of aliphatic carboxylic acids is 1. The van der Waals surface area contributed by atoms with Gasteiger partial charge in [-0.15, -0.1) is 5.10 Å². The number of nitrogens with zero attached hydrogens (tertiary/aromatic N) is 4. The van der Waals surface area contributed by atoms with Crippen molar-refractivity contribution in [2.24, 2.45) is 17.3 Å².